The zero-order valence-electron chi connectivity index (χ0n) is 11.0. The summed E-state index contributed by atoms with van der Waals surface area (Å²) in [6.45, 7) is 5.88. The Labute approximate surface area is 103 Å². The van der Waals surface area contributed by atoms with E-state index in [9.17, 15) is 9.18 Å². The van der Waals surface area contributed by atoms with Crippen LogP contribution >= 0.6 is 0 Å². The molecule has 100 valence electrons. The van der Waals surface area contributed by atoms with Gasteiger partial charge in [-0.3, -0.25) is 0 Å². The summed E-state index contributed by atoms with van der Waals surface area (Å²) in [5, 5.41) is 0. The summed E-state index contributed by atoms with van der Waals surface area (Å²) < 4.78 is 23.5. The Bertz CT molecular complexity index is 248. The summed E-state index contributed by atoms with van der Waals surface area (Å²) in [5.41, 5.74) is -0.477. The monoisotopic (exact) mass is 246 g/mol. The highest BCUT2D eigenvalue weighted by Crippen LogP contribution is 2.26. The zero-order valence-corrected chi connectivity index (χ0v) is 11.0. The Morgan fingerprint density at radius 1 is 1.35 bits per heavy atom. The first-order chi connectivity index (χ1) is 7.87. The molecule has 1 fully saturated rings. The Balaban J connectivity index is 2.13. The van der Waals surface area contributed by atoms with Gasteiger partial charge in [0.05, 0.1) is 6.61 Å². The lowest BCUT2D eigenvalue weighted by molar-refractivity contribution is -0.160. The number of hydrogen-bond donors (Lipinski definition) is 0. The van der Waals surface area contributed by atoms with Crippen LogP contribution in [0.5, 0.6) is 0 Å². The highest BCUT2D eigenvalue weighted by molar-refractivity contribution is 5.71. The molecule has 17 heavy (non-hydrogen) atoms. The molecule has 4 heteroatoms. The van der Waals surface area contributed by atoms with Gasteiger partial charge in [0.1, 0.15) is 18.4 Å². The van der Waals surface area contributed by atoms with Gasteiger partial charge < -0.3 is 9.47 Å². The summed E-state index contributed by atoms with van der Waals surface area (Å²) in [6, 6.07) is 0. The quantitative estimate of drug-likeness (QED) is 0.715. The number of ether oxygens (including phenoxy) is 2. The fourth-order valence-corrected chi connectivity index (χ4v) is 2.06. The average Bonchev–Trinajstić information content (AvgIpc) is 2.14. The van der Waals surface area contributed by atoms with Crippen LogP contribution < -0.4 is 0 Å². The lowest BCUT2D eigenvalue weighted by Crippen LogP contribution is -2.28. The average molecular weight is 246 g/mol. The van der Waals surface area contributed by atoms with Crippen LogP contribution in [0.1, 0.15) is 46.5 Å². The van der Waals surface area contributed by atoms with E-state index in [-0.39, 0.29) is 18.5 Å². The number of rotatable bonds is 4. The minimum atomic E-state index is -0.695. The summed E-state index contributed by atoms with van der Waals surface area (Å²) in [5.74, 6) is -0.105. The van der Waals surface area contributed by atoms with E-state index in [0.29, 0.717) is 19.4 Å². The zero-order chi connectivity index (χ0) is 12.9. The Morgan fingerprint density at radius 3 is 2.65 bits per heavy atom. The van der Waals surface area contributed by atoms with Crippen LogP contribution in [0.2, 0.25) is 0 Å². The molecule has 0 radical (unpaired) electrons. The number of hydrogen-bond acceptors (Lipinski definition) is 3. The summed E-state index contributed by atoms with van der Waals surface area (Å²) >= 11 is 0. The minimum Gasteiger partial charge on any atom is -0.458 e. The highest BCUT2D eigenvalue weighted by atomic mass is 19.1. The molecule has 0 aromatic rings. The van der Waals surface area contributed by atoms with E-state index in [0.717, 1.165) is 12.8 Å². The molecule has 0 aromatic carbocycles. The smallest absolute Gasteiger partial charge is 0.332 e. The first-order valence-electron chi connectivity index (χ1n) is 6.30. The van der Waals surface area contributed by atoms with Gasteiger partial charge in [0, 0.05) is 0 Å². The predicted octanol–water partition coefficient (Wildman–Crippen LogP) is 2.87. The van der Waals surface area contributed by atoms with Gasteiger partial charge in [-0.15, -0.1) is 0 Å². The fraction of sp³-hybridized carbons (Fsp3) is 0.923. The van der Waals surface area contributed by atoms with E-state index in [2.05, 4.69) is 0 Å². The molecule has 0 aromatic heterocycles. The Kier molecular flexibility index (Phi) is 5.37. The number of carbonyl (C=O) groups excluding carboxylic acids is 1. The largest absolute Gasteiger partial charge is 0.458 e. The molecular formula is C13H23FO3. The minimum absolute atomic E-state index is 0.0370. The number of alkyl halides is 1. The summed E-state index contributed by atoms with van der Waals surface area (Å²) in [6.07, 6.45) is 2.45. The van der Waals surface area contributed by atoms with Crippen molar-refractivity contribution in [2.75, 3.05) is 13.2 Å². The Hall–Kier alpha value is -0.640. The SMILES string of the molecule is CC(C)(C)OC(=O)COC[C@H]1CCC[C@@H](F)C1. The van der Waals surface area contributed by atoms with E-state index in [1.807, 2.05) is 20.8 Å². The Morgan fingerprint density at radius 2 is 2.06 bits per heavy atom. The first-order valence-corrected chi connectivity index (χ1v) is 6.30. The van der Waals surface area contributed by atoms with Crippen LogP contribution in [0.4, 0.5) is 4.39 Å². The molecule has 0 heterocycles. The predicted molar refractivity (Wildman–Crippen MR) is 63.5 cm³/mol. The molecule has 1 aliphatic rings. The van der Waals surface area contributed by atoms with Crippen molar-refractivity contribution in [2.24, 2.45) is 5.92 Å². The molecule has 3 nitrogen and oxygen atoms in total. The van der Waals surface area contributed by atoms with E-state index < -0.39 is 11.8 Å². The first kappa shape index (κ1) is 14.4. The molecule has 0 unspecified atom stereocenters. The molecule has 1 rings (SSSR count). The normalized spacial score (nSPS) is 25.6. The maximum absolute atomic E-state index is 13.1. The van der Waals surface area contributed by atoms with Crippen molar-refractivity contribution >= 4 is 5.97 Å². The van der Waals surface area contributed by atoms with Gasteiger partial charge >= 0.3 is 5.97 Å². The maximum Gasteiger partial charge on any atom is 0.332 e. The highest BCUT2D eigenvalue weighted by Gasteiger charge is 2.22. The second-order valence-corrected chi connectivity index (χ2v) is 5.73. The third kappa shape index (κ3) is 6.61. The lowest BCUT2D eigenvalue weighted by atomic mass is 9.89. The van der Waals surface area contributed by atoms with Crippen LogP contribution in [0.3, 0.4) is 0 Å². The molecule has 0 saturated heterocycles. The van der Waals surface area contributed by atoms with Gasteiger partial charge in [-0.05, 0) is 46.0 Å². The van der Waals surface area contributed by atoms with Gasteiger partial charge in [-0.2, -0.15) is 0 Å². The second kappa shape index (κ2) is 6.34. The van der Waals surface area contributed by atoms with Crippen LogP contribution in [-0.2, 0) is 14.3 Å². The van der Waals surface area contributed by atoms with Gasteiger partial charge in [0.15, 0.2) is 0 Å². The van der Waals surface area contributed by atoms with Crippen LogP contribution in [0.15, 0.2) is 0 Å². The van der Waals surface area contributed by atoms with Crippen molar-refractivity contribution in [3.63, 3.8) is 0 Å². The molecule has 1 saturated carbocycles. The number of carbonyl (C=O) groups is 1. The second-order valence-electron chi connectivity index (χ2n) is 5.73. The van der Waals surface area contributed by atoms with Gasteiger partial charge in [0.25, 0.3) is 0 Å². The van der Waals surface area contributed by atoms with Crippen LogP contribution in [0.25, 0.3) is 0 Å². The molecule has 1 aliphatic carbocycles. The van der Waals surface area contributed by atoms with Gasteiger partial charge in [-0.25, -0.2) is 9.18 Å². The third-order valence-corrected chi connectivity index (χ3v) is 2.71. The van der Waals surface area contributed by atoms with Crippen molar-refractivity contribution in [2.45, 2.75) is 58.2 Å². The fourth-order valence-electron chi connectivity index (χ4n) is 2.06. The van der Waals surface area contributed by atoms with Gasteiger partial charge in [0.2, 0.25) is 0 Å². The van der Waals surface area contributed by atoms with E-state index in [4.69, 9.17) is 9.47 Å². The van der Waals surface area contributed by atoms with Crippen molar-refractivity contribution in [3.8, 4) is 0 Å². The molecule has 2 atom stereocenters. The topological polar surface area (TPSA) is 35.5 Å². The van der Waals surface area contributed by atoms with Crippen molar-refractivity contribution in [3.05, 3.63) is 0 Å². The van der Waals surface area contributed by atoms with E-state index in [1.54, 1.807) is 0 Å². The van der Waals surface area contributed by atoms with Crippen LogP contribution in [-0.4, -0.2) is 31.0 Å². The van der Waals surface area contributed by atoms with Crippen molar-refractivity contribution in [1.29, 1.82) is 0 Å². The van der Waals surface area contributed by atoms with Crippen molar-refractivity contribution in [1.82, 2.24) is 0 Å². The van der Waals surface area contributed by atoms with Crippen molar-refractivity contribution < 1.29 is 18.7 Å². The molecule has 0 amide bonds. The number of esters is 1. The maximum atomic E-state index is 13.1. The lowest BCUT2D eigenvalue weighted by Gasteiger charge is -2.24. The molecule has 0 spiro atoms. The standard InChI is InChI=1S/C13H23FO3/c1-13(2,3)17-12(15)9-16-8-10-5-4-6-11(14)7-10/h10-11H,4-9H2,1-3H3/t10-,11+/m0/s1. The van der Waals surface area contributed by atoms with Gasteiger partial charge in [-0.1, -0.05) is 6.42 Å². The summed E-state index contributed by atoms with van der Waals surface area (Å²) in [7, 11) is 0. The molecular weight excluding hydrogens is 223 g/mol. The molecule has 0 bridgehead atoms. The molecule has 0 N–H and O–H groups in total. The third-order valence-electron chi connectivity index (χ3n) is 2.71. The van der Waals surface area contributed by atoms with Crippen LogP contribution in [0, 0.1) is 5.92 Å². The summed E-state index contributed by atoms with van der Waals surface area (Å²) in [4.78, 5) is 11.3. The number of halogens is 1. The molecule has 0 aliphatic heterocycles. The van der Waals surface area contributed by atoms with E-state index >= 15 is 0 Å². The van der Waals surface area contributed by atoms with E-state index in [1.165, 1.54) is 0 Å².